The number of carbonyl (C=O) groups is 1. The monoisotopic (exact) mass is 566 g/mol. The van der Waals surface area contributed by atoms with Crippen LogP contribution in [0.5, 0.6) is 17.2 Å². The molecule has 1 N–H and O–H groups in total. The molecule has 2 aliphatic rings. The van der Waals surface area contributed by atoms with Crippen LogP contribution in [0.4, 0.5) is 20.3 Å². The highest BCUT2D eigenvalue weighted by Crippen LogP contribution is 2.38. The van der Waals surface area contributed by atoms with Crippen molar-refractivity contribution in [2.24, 2.45) is 0 Å². The van der Waals surface area contributed by atoms with E-state index >= 15 is 0 Å². The molecule has 1 amide bonds. The number of anilines is 2. The topological polar surface area (TPSA) is 103 Å². The minimum atomic E-state index is -2.14. The summed E-state index contributed by atoms with van der Waals surface area (Å²) >= 11 is 0. The number of amides is 1. The molecule has 12 heteroatoms. The number of carbonyl (C=O) groups excluding carboxylic acids is 1. The van der Waals surface area contributed by atoms with E-state index in [4.69, 9.17) is 14.2 Å². The van der Waals surface area contributed by atoms with Crippen LogP contribution in [-0.4, -0.2) is 52.5 Å². The van der Waals surface area contributed by atoms with Gasteiger partial charge in [0.25, 0.3) is 5.91 Å². The zero-order valence-corrected chi connectivity index (χ0v) is 22.2. The van der Waals surface area contributed by atoms with E-state index in [1.165, 1.54) is 6.07 Å². The molecule has 4 aromatic rings. The van der Waals surface area contributed by atoms with Crippen LogP contribution in [0.15, 0.2) is 59.8 Å². The van der Waals surface area contributed by atoms with Gasteiger partial charge in [0.15, 0.2) is 28.6 Å². The fourth-order valence-corrected chi connectivity index (χ4v) is 5.81. The molecule has 0 saturated heterocycles. The Morgan fingerprint density at radius 3 is 2.85 bits per heavy atom. The Kier molecular flexibility index (Phi) is 6.93. The van der Waals surface area contributed by atoms with Gasteiger partial charge >= 0.3 is 0 Å². The second kappa shape index (κ2) is 10.7. The maximum absolute atomic E-state index is 14.6. The van der Waals surface area contributed by atoms with Crippen LogP contribution in [0.1, 0.15) is 22.5 Å². The summed E-state index contributed by atoms with van der Waals surface area (Å²) in [6.45, 7) is 1.07. The largest absolute Gasteiger partial charge is 0.495 e. The Morgan fingerprint density at radius 2 is 2.00 bits per heavy atom. The number of fused-ring (bicyclic) bond motifs is 3. The van der Waals surface area contributed by atoms with Crippen molar-refractivity contribution in [1.29, 1.82) is 0 Å². The molecule has 2 unspecified atom stereocenters. The Balaban J connectivity index is 1.22. The molecule has 206 valence electrons. The molecule has 9 nitrogen and oxygen atoms in total. The molecule has 0 saturated carbocycles. The number of benzene rings is 2. The number of methoxy groups -OCH3 is 1. The van der Waals surface area contributed by atoms with Crippen LogP contribution in [0, 0.1) is 5.82 Å². The van der Waals surface area contributed by atoms with E-state index in [9.17, 15) is 17.8 Å². The third kappa shape index (κ3) is 4.90. The first-order chi connectivity index (χ1) is 19.4. The van der Waals surface area contributed by atoms with Crippen molar-refractivity contribution in [3.8, 4) is 17.2 Å². The van der Waals surface area contributed by atoms with Gasteiger partial charge in [-0.15, -0.1) is 0 Å². The molecular weight excluding hydrogens is 542 g/mol. The number of alkyl halides is 1. The number of rotatable bonds is 5. The van der Waals surface area contributed by atoms with Gasteiger partial charge in [-0.25, -0.2) is 13.8 Å². The number of aromatic nitrogens is 2. The summed E-state index contributed by atoms with van der Waals surface area (Å²) in [5, 5.41) is 4.51. The lowest BCUT2D eigenvalue weighted by atomic mass is 10.1. The second-order valence-corrected chi connectivity index (χ2v) is 10.8. The number of nitrogens with zero attached hydrogens (tertiary/aromatic N) is 3. The number of hydrogen-bond donors (Lipinski definition) is 1. The number of halogens is 2. The lowest BCUT2D eigenvalue weighted by Gasteiger charge is -2.30. The molecule has 4 heterocycles. The number of ether oxygens (including phenoxy) is 3. The highest BCUT2D eigenvalue weighted by molar-refractivity contribution is 7.85. The number of hydrogen-bond acceptors (Lipinski definition) is 8. The summed E-state index contributed by atoms with van der Waals surface area (Å²) < 4.78 is 57.4. The fourth-order valence-electron chi connectivity index (χ4n) is 4.64. The summed E-state index contributed by atoms with van der Waals surface area (Å²) in [6.07, 6.45) is 3.23. The minimum Gasteiger partial charge on any atom is -0.495 e. The molecule has 0 bridgehead atoms. The van der Waals surface area contributed by atoms with Gasteiger partial charge in [-0.2, -0.15) is 0 Å². The third-order valence-electron chi connectivity index (χ3n) is 6.69. The zero-order valence-electron chi connectivity index (χ0n) is 21.4. The summed E-state index contributed by atoms with van der Waals surface area (Å²) in [5.74, 6) is 0.180. The molecule has 2 atom stereocenters. The van der Waals surface area contributed by atoms with Crippen LogP contribution < -0.4 is 24.4 Å². The van der Waals surface area contributed by atoms with Crippen molar-refractivity contribution in [3.63, 3.8) is 0 Å². The van der Waals surface area contributed by atoms with Gasteiger partial charge in [-0.05, 0) is 35.7 Å². The minimum absolute atomic E-state index is 0.0603. The Bertz CT molecular complexity index is 1650. The molecule has 40 heavy (non-hydrogen) atoms. The number of nitrogens with one attached hydrogen (secondary N) is 1. The molecule has 0 fully saturated rings. The first-order valence-electron chi connectivity index (χ1n) is 12.5. The van der Waals surface area contributed by atoms with Crippen LogP contribution in [0.3, 0.4) is 0 Å². The predicted molar refractivity (Wildman–Crippen MR) is 144 cm³/mol. The maximum atomic E-state index is 14.6. The molecule has 6 rings (SSSR count). The standard InChI is InChI=1S/C28H24F2N4O5S/c1-37-21-12-23-27(32-15-21)34(5-7-38-23)20-3-2-16-13-31-19(8-17(16)9-20)14-33-28(35)18-10-22(29)26-24(11-18)40(36)25(30)4-6-39-26/h2-3,8-13,15,25H,4-7,14H2,1H3,(H,33,35). The van der Waals surface area contributed by atoms with Crippen LogP contribution >= 0.6 is 0 Å². The number of pyridine rings is 2. The van der Waals surface area contributed by atoms with Crippen molar-refractivity contribution < 1.29 is 32.0 Å². The first-order valence-corrected chi connectivity index (χ1v) is 13.7. The average molecular weight is 567 g/mol. The summed E-state index contributed by atoms with van der Waals surface area (Å²) in [6, 6.07) is 11.8. The van der Waals surface area contributed by atoms with Crippen molar-refractivity contribution in [3.05, 3.63) is 71.9 Å². The van der Waals surface area contributed by atoms with Crippen LogP contribution in [-0.2, 0) is 17.3 Å². The van der Waals surface area contributed by atoms with Crippen LogP contribution in [0.2, 0.25) is 0 Å². The summed E-state index contributed by atoms with van der Waals surface area (Å²) in [4.78, 5) is 23.7. The van der Waals surface area contributed by atoms with Crippen molar-refractivity contribution >= 4 is 39.0 Å². The average Bonchev–Trinajstić information content (AvgIpc) is 3.12. The summed E-state index contributed by atoms with van der Waals surface area (Å²) in [5.41, 5.74) is -0.289. The smallest absolute Gasteiger partial charge is 0.251 e. The Labute approximate surface area is 230 Å². The lowest BCUT2D eigenvalue weighted by Crippen LogP contribution is -2.29. The van der Waals surface area contributed by atoms with Gasteiger partial charge in [0.05, 0.1) is 54.4 Å². The van der Waals surface area contributed by atoms with Crippen molar-refractivity contribution in [1.82, 2.24) is 15.3 Å². The predicted octanol–water partition coefficient (Wildman–Crippen LogP) is 4.42. The molecular formula is C28H24F2N4O5S. The molecule has 2 aromatic heterocycles. The Hall–Kier alpha value is -4.32. The van der Waals surface area contributed by atoms with E-state index in [2.05, 4.69) is 20.2 Å². The van der Waals surface area contributed by atoms with Gasteiger partial charge in [-0.1, -0.05) is 6.07 Å². The van der Waals surface area contributed by atoms with E-state index < -0.39 is 28.0 Å². The molecule has 0 radical (unpaired) electrons. The molecule has 0 spiro atoms. The van der Waals surface area contributed by atoms with Crippen LogP contribution in [0.25, 0.3) is 10.8 Å². The van der Waals surface area contributed by atoms with Crippen molar-refractivity contribution in [2.75, 3.05) is 31.8 Å². The van der Waals surface area contributed by atoms with E-state index in [0.717, 1.165) is 22.5 Å². The van der Waals surface area contributed by atoms with Gasteiger partial charge < -0.3 is 24.4 Å². The van der Waals surface area contributed by atoms with Gasteiger partial charge in [0.1, 0.15) is 12.4 Å². The highest BCUT2D eigenvalue weighted by Gasteiger charge is 2.29. The zero-order chi connectivity index (χ0) is 27.8. The van der Waals surface area contributed by atoms with E-state index in [1.807, 2.05) is 24.3 Å². The molecule has 2 aromatic carbocycles. The van der Waals surface area contributed by atoms with E-state index in [0.29, 0.717) is 36.2 Å². The third-order valence-corrected chi connectivity index (χ3v) is 8.12. The van der Waals surface area contributed by atoms with E-state index in [1.54, 1.807) is 25.6 Å². The first kappa shape index (κ1) is 25.9. The molecule has 2 aliphatic heterocycles. The van der Waals surface area contributed by atoms with Gasteiger partial charge in [0, 0.05) is 35.3 Å². The Morgan fingerprint density at radius 1 is 1.12 bits per heavy atom. The second-order valence-electron chi connectivity index (χ2n) is 9.22. The molecule has 0 aliphatic carbocycles. The van der Waals surface area contributed by atoms with E-state index in [-0.39, 0.29) is 35.8 Å². The van der Waals surface area contributed by atoms with Gasteiger partial charge in [0.2, 0.25) is 0 Å². The summed E-state index contributed by atoms with van der Waals surface area (Å²) in [7, 11) is -0.562. The van der Waals surface area contributed by atoms with Gasteiger partial charge in [-0.3, -0.25) is 14.0 Å². The maximum Gasteiger partial charge on any atom is 0.251 e. The highest BCUT2D eigenvalue weighted by atomic mass is 32.2. The lowest BCUT2D eigenvalue weighted by molar-refractivity contribution is 0.0949. The fraction of sp³-hybridized carbons (Fsp3) is 0.250. The van der Waals surface area contributed by atoms with Crippen molar-refractivity contribution in [2.45, 2.75) is 23.4 Å². The SMILES string of the molecule is COc1cnc2c(c1)OCCN2c1ccc2cnc(CNC(=O)c3cc(F)c4c(c3)S(=O)C(F)CCO4)cc2c1. The normalized spacial score (nSPS) is 18.1. The quantitative estimate of drug-likeness (QED) is 0.379.